The molecule has 0 saturated carbocycles. The van der Waals surface area contributed by atoms with Gasteiger partial charge < -0.3 is 20.2 Å². The van der Waals surface area contributed by atoms with E-state index in [4.69, 9.17) is 0 Å². The van der Waals surface area contributed by atoms with Gasteiger partial charge in [0.25, 0.3) is 5.91 Å². The van der Waals surface area contributed by atoms with E-state index in [1.165, 1.54) is 32.0 Å². The van der Waals surface area contributed by atoms with Gasteiger partial charge in [-0.05, 0) is 69.3 Å². The summed E-state index contributed by atoms with van der Waals surface area (Å²) in [4.78, 5) is 33.6. The number of benzene rings is 1. The molecule has 2 saturated heterocycles. The van der Waals surface area contributed by atoms with Gasteiger partial charge in [-0.15, -0.1) is 0 Å². The lowest BCUT2D eigenvalue weighted by molar-refractivity contribution is 0.0696. The highest BCUT2D eigenvalue weighted by Crippen LogP contribution is 2.28. The fourth-order valence-corrected chi connectivity index (χ4v) is 4.62. The maximum absolute atomic E-state index is 12.6. The summed E-state index contributed by atoms with van der Waals surface area (Å²) >= 11 is 0. The number of nitrogens with zero attached hydrogens (tertiary/aromatic N) is 3. The largest absolute Gasteiger partial charge is 0.478 e. The van der Waals surface area contributed by atoms with Gasteiger partial charge in [0, 0.05) is 25.2 Å². The van der Waals surface area contributed by atoms with E-state index in [0.29, 0.717) is 23.0 Å². The van der Waals surface area contributed by atoms with Crippen molar-refractivity contribution in [2.45, 2.75) is 32.6 Å². The van der Waals surface area contributed by atoms with E-state index < -0.39 is 5.97 Å². The Kier molecular flexibility index (Phi) is 6.51. The fraction of sp³-hybridized carbons (Fsp3) is 0.458. The summed E-state index contributed by atoms with van der Waals surface area (Å²) in [5.41, 5.74) is 1.93. The predicted molar refractivity (Wildman–Crippen MR) is 121 cm³/mol. The minimum atomic E-state index is -1.03. The number of likely N-dealkylation sites (tertiary alicyclic amines) is 1. The summed E-state index contributed by atoms with van der Waals surface area (Å²) in [6, 6.07) is 8.80. The molecule has 31 heavy (non-hydrogen) atoms. The smallest absolute Gasteiger partial charge is 0.339 e. The molecule has 3 heterocycles. The average Bonchev–Trinajstić information content (AvgIpc) is 3.27. The van der Waals surface area contributed by atoms with E-state index in [1.54, 1.807) is 18.3 Å². The molecule has 1 aromatic heterocycles. The summed E-state index contributed by atoms with van der Waals surface area (Å²) in [5.74, 6) is -0.156. The SMILES string of the molecule is Cc1ccccc1C(=O)Nc1cnc(N2CCC(CN3CCCC3)CC2)c(C(=O)O)c1. The van der Waals surface area contributed by atoms with E-state index in [2.05, 4.69) is 20.1 Å². The number of aromatic nitrogens is 1. The molecule has 2 N–H and O–H groups in total. The zero-order valence-corrected chi connectivity index (χ0v) is 18.0. The van der Waals surface area contributed by atoms with Gasteiger partial charge in [0.05, 0.1) is 11.9 Å². The van der Waals surface area contributed by atoms with Crippen LogP contribution in [0.4, 0.5) is 11.5 Å². The molecule has 1 amide bonds. The number of anilines is 2. The molecule has 0 aliphatic carbocycles. The van der Waals surface area contributed by atoms with Gasteiger partial charge in [-0.25, -0.2) is 9.78 Å². The molecule has 7 nitrogen and oxygen atoms in total. The molecule has 0 radical (unpaired) electrons. The Balaban J connectivity index is 1.43. The van der Waals surface area contributed by atoms with Gasteiger partial charge in [-0.2, -0.15) is 0 Å². The number of amides is 1. The highest BCUT2D eigenvalue weighted by molar-refractivity contribution is 6.06. The number of carboxylic acids is 1. The third kappa shape index (κ3) is 5.05. The second-order valence-corrected chi connectivity index (χ2v) is 8.61. The number of rotatable bonds is 6. The molecule has 2 fully saturated rings. The standard InChI is InChI=1S/C24H30N4O3/c1-17-6-2-3-7-20(17)23(29)26-19-14-21(24(30)31)22(25-15-19)28-12-8-18(9-13-28)16-27-10-4-5-11-27/h2-3,6-7,14-15,18H,4-5,8-13,16H2,1H3,(H,26,29)(H,30,31). The average molecular weight is 423 g/mol. The van der Waals surface area contributed by atoms with Crippen molar-refractivity contribution in [2.75, 3.05) is 42.9 Å². The van der Waals surface area contributed by atoms with Crippen LogP contribution < -0.4 is 10.2 Å². The van der Waals surface area contributed by atoms with Crippen LogP contribution in [0.3, 0.4) is 0 Å². The van der Waals surface area contributed by atoms with Gasteiger partial charge in [-0.1, -0.05) is 18.2 Å². The van der Waals surface area contributed by atoms with Crippen LogP contribution in [-0.4, -0.2) is 59.6 Å². The summed E-state index contributed by atoms with van der Waals surface area (Å²) < 4.78 is 0. The van der Waals surface area contributed by atoms with E-state index in [0.717, 1.165) is 38.0 Å². The molecule has 0 bridgehead atoms. The van der Waals surface area contributed by atoms with Gasteiger partial charge >= 0.3 is 5.97 Å². The highest BCUT2D eigenvalue weighted by Gasteiger charge is 2.26. The monoisotopic (exact) mass is 422 g/mol. The fourth-order valence-electron chi connectivity index (χ4n) is 4.62. The second kappa shape index (κ2) is 9.47. The molecular weight excluding hydrogens is 392 g/mol. The quantitative estimate of drug-likeness (QED) is 0.739. The molecule has 1 aromatic carbocycles. The van der Waals surface area contributed by atoms with Crippen LogP contribution in [-0.2, 0) is 0 Å². The zero-order valence-electron chi connectivity index (χ0n) is 18.0. The van der Waals surface area contributed by atoms with Crippen molar-refractivity contribution in [3.63, 3.8) is 0 Å². The summed E-state index contributed by atoms with van der Waals surface area (Å²) in [7, 11) is 0. The number of carbonyl (C=O) groups is 2. The van der Waals surface area contributed by atoms with E-state index in [9.17, 15) is 14.7 Å². The number of piperidine rings is 1. The van der Waals surface area contributed by atoms with Crippen LogP contribution in [0, 0.1) is 12.8 Å². The van der Waals surface area contributed by atoms with Crippen molar-refractivity contribution in [2.24, 2.45) is 5.92 Å². The van der Waals surface area contributed by atoms with Crippen LogP contribution in [0.1, 0.15) is 52.0 Å². The van der Waals surface area contributed by atoms with Crippen LogP contribution in [0.25, 0.3) is 0 Å². The topological polar surface area (TPSA) is 85.8 Å². The number of nitrogens with one attached hydrogen (secondary N) is 1. The number of pyridine rings is 1. The maximum Gasteiger partial charge on any atom is 0.339 e. The first-order chi connectivity index (χ1) is 15.0. The van der Waals surface area contributed by atoms with Crippen molar-refractivity contribution >= 4 is 23.4 Å². The Labute approximate surface area is 183 Å². The molecule has 0 unspecified atom stereocenters. The molecule has 0 atom stereocenters. The summed E-state index contributed by atoms with van der Waals surface area (Å²) in [6.45, 7) is 7.05. The highest BCUT2D eigenvalue weighted by atomic mass is 16.4. The molecule has 2 aromatic rings. The van der Waals surface area contributed by atoms with Crippen molar-refractivity contribution in [3.05, 3.63) is 53.2 Å². The third-order valence-corrected chi connectivity index (χ3v) is 6.37. The number of aryl methyl sites for hydroxylation is 1. The van der Waals surface area contributed by atoms with E-state index >= 15 is 0 Å². The minimum Gasteiger partial charge on any atom is -0.478 e. The number of hydrogen-bond donors (Lipinski definition) is 2. The predicted octanol–water partition coefficient (Wildman–Crippen LogP) is 3.65. The molecule has 4 rings (SSSR count). The van der Waals surface area contributed by atoms with Crippen molar-refractivity contribution in [1.29, 1.82) is 0 Å². The molecule has 7 heteroatoms. The first-order valence-electron chi connectivity index (χ1n) is 11.1. The van der Waals surface area contributed by atoms with Crippen LogP contribution in [0.2, 0.25) is 0 Å². The number of carboxylic acid groups (broad SMARTS) is 1. The van der Waals surface area contributed by atoms with Crippen molar-refractivity contribution < 1.29 is 14.7 Å². The number of hydrogen-bond acceptors (Lipinski definition) is 5. The van der Waals surface area contributed by atoms with Crippen LogP contribution >= 0.6 is 0 Å². The Bertz CT molecular complexity index is 948. The van der Waals surface area contributed by atoms with Gasteiger partial charge in [0.15, 0.2) is 0 Å². The number of aromatic carboxylic acids is 1. The second-order valence-electron chi connectivity index (χ2n) is 8.61. The van der Waals surface area contributed by atoms with Crippen molar-refractivity contribution in [1.82, 2.24) is 9.88 Å². The Morgan fingerprint density at radius 2 is 1.81 bits per heavy atom. The van der Waals surface area contributed by atoms with Gasteiger partial charge in [-0.3, -0.25) is 4.79 Å². The lowest BCUT2D eigenvalue weighted by atomic mass is 9.96. The molecule has 2 aliphatic heterocycles. The van der Waals surface area contributed by atoms with Gasteiger partial charge in [0.1, 0.15) is 11.4 Å². The van der Waals surface area contributed by atoms with Crippen molar-refractivity contribution in [3.8, 4) is 0 Å². The first kappa shape index (κ1) is 21.3. The van der Waals surface area contributed by atoms with E-state index in [1.807, 2.05) is 19.1 Å². The summed E-state index contributed by atoms with van der Waals surface area (Å²) in [6.07, 6.45) is 6.25. The Morgan fingerprint density at radius 3 is 2.48 bits per heavy atom. The molecule has 2 aliphatic rings. The molecular formula is C24H30N4O3. The lowest BCUT2D eigenvalue weighted by Gasteiger charge is -2.35. The Morgan fingerprint density at radius 1 is 1.10 bits per heavy atom. The number of carbonyl (C=O) groups excluding carboxylic acids is 1. The third-order valence-electron chi connectivity index (χ3n) is 6.37. The zero-order chi connectivity index (χ0) is 21.8. The van der Waals surface area contributed by atoms with Crippen LogP contribution in [0.15, 0.2) is 36.5 Å². The maximum atomic E-state index is 12.6. The van der Waals surface area contributed by atoms with Crippen LogP contribution in [0.5, 0.6) is 0 Å². The molecule has 0 spiro atoms. The molecule has 164 valence electrons. The summed E-state index contributed by atoms with van der Waals surface area (Å²) in [5, 5.41) is 12.6. The first-order valence-corrected chi connectivity index (χ1v) is 11.1. The normalized spacial score (nSPS) is 17.6. The minimum absolute atomic E-state index is 0.126. The Hall–Kier alpha value is -2.93. The van der Waals surface area contributed by atoms with E-state index in [-0.39, 0.29) is 11.5 Å². The lowest BCUT2D eigenvalue weighted by Crippen LogP contribution is -2.39. The van der Waals surface area contributed by atoms with Gasteiger partial charge in [0.2, 0.25) is 0 Å².